The standard InChI is InChI=1S/C20H38N8O7S/c1-10(29)15(19(34)35)28-18(33)13(7-9-36-2)27-17(32)12(5-6-14(22)30)26-16(31)11(21)4-3-8-25-20(23)24/h10-13,15,29H,3-9,21H2,1-2H3,(H2,22,30)(H,26,31)(H,27,32)(H,28,33)(H,34,35)(H4,23,24,25). The number of primary amides is 1. The molecule has 0 aromatic heterocycles. The van der Waals surface area contributed by atoms with Gasteiger partial charge in [-0.15, -0.1) is 0 Å². The lowest BCUT2D eigenvalue weighted by atomic mass is 10.1. The van der Waals surface area contributed by atoms with Gasteiger partial charge in [-0.1, -0.05) is 0 Å². The van der Waals surface area contributed by atoms with Crippen molar-refractivity contribution in [2.45, 2.75) is 69.3 Å². The molecule has 0 aliphatic carbocycles. The quantitative estimate of drug-likeness (QED) is 0.0468. The zero-order chi connectivity index (χ0) is 27.8. The number of nitrogens with two attached hydrogens (primary N) is 4. The van der Waals surface area contributed by atoms with Crippen LogP contribution in [0.15, 0.2) is 4.99 Å². The lowest BCUT2D eigenvalue weighted by molar-refractivity contribution is -0.145. The van der Waals surface area contributed by atoms with Gasteiger partial charge in [0.1, 0.15) is 12.1 Å². The molecule has 0 spiro atoms. The van der Waals surface area contributed by atoms with Crippen LogP contribution in [0, 0.1) is 0 Å². The molecule has 0 heterocycles. The number of guanidine groups is 1. The lowest BCUT2D eigenvalue weighted by Crippen LogP contribution is -2.58. The summed E-state index contributed by atoms with van der Waals surface area (Å²) in [7, 11) is 0. The number of thioether (sulfide) groups is 1. The smallest absolute Gasteiger partial charge is 0.328 e. The Morgan fingerprint density at radius 3 is 1.97 bits per heavy atom. The Hall–Kier alpha value is -3.11. The first-order chi connectivity index (χ1) is 16.8. The minimum atomic E-state index is -1.59. The number of carboxylic acids is 1. The maximum Gasteiger partial charge on any atom is 0.328 e. The van der Waals surface area contributed by atoms with Crippen LogP contribution in [0.4, 0.5) is 0 Å². The third-order valence-corrected chi connectivity index (χ3v) is 5.55. The molecule has 0 aromatic carbocycles. The highest BCUT2D eigenvalue weighted by molar-refractivity contribution is 7.98. The van der Waals surface area contributed by atoms with Gasteiger partial charge in [-0.05, 0) is 44.6 Å². The highest BCUT2D eigenvalue weighted by Crippen LogP contribution is 2.06. The van der Waals surface area contributed by atoms with E-state index >= 15 is 0 Å². The molecule has 0 radical (unpaired) electrons. The number of aliphatic hydroxyl groups is 1. The monoisotopic (exact) mass is 534 g/mol. The number of nitrogens with one attached hydrogen (secondary N) is 3. The molecule has 0 saturated heterocycles. The van der Waals surface area contributed by atoms with Crippen LogP contribution < -0.4 is 38.9 Å². The van der Waals surface area contributed by atoms with E-state index < -0.39 is 59.9 Å². The lowest BCUT2D eigenvalue weighted by Gasteiger charge is -2.25. The van der Waals surface area contributed by atoms with Crippen LogP contribution in [0.25, 0.3) is 0 Å². The zero-order valence-corrected chi connectivity index (χ0v) is 21.3. The molecule has 0 aliphatic rings. The summed E-state index contributed by atoms with van der Waals surface area (Å²) in [6.07, 6.45) is 0.734. The number of aliphatic imine (C=N–C) groups is 1. The first-order valence-corrected chi connectivity index (χ1v) is 12.6. The molecule has 36 heavy (non-hydrogen) atoms. The van der Waals surface area contributed by atoms with Crippen molar-refractivity contribution in [1.29, 1.82) is 0 Å². The number of aliphatic carboxylic acids is 1. The van der Waals surface area contributed by atoms with Crippen LogP contribution in [0.2, 0.25) is 0 Å². The number of carboxylic acid groups (broad SMARTS) is 1. The Bertz CT molecular complexity index is 792. The van der Waals surface area contributed by atoms with E-state index in [4.69, 9.17) is 22.9 Å². The normalized spacial score (nSPS) is 14.9. The van der Waals surface area contributed by atoms with Gasteiger partial charge in [-0.2, -0.15) is 11.8 Å². The minimum absolute atomic E-state index is 0.0978. The molecule has 0 rings (SSSR count). The first kappa shape index (κ1) is 32.9. The fraction of sp³-hybridized carbons (Fsp3) is 0.700. The molecule has 15 nitrogen and oxygen atoms in total. The van der Waals surface area contributed by atoms with Crippen molar-refractivity contribution >= 4 is 47.3 Å². The number of carbonyl (C=O) groups excluding carboxylic acids is 4. The summed E-state index contributed by atoms with van der Waals surface area (Å²) in [6, 6.07) is -5.01. The van der Waals surface area contributed by atoms with E-state index in [1.807, 2.05) is 0 Å². The second-order valence-electron chi connectivity index (χ2n) is 8.03. The summed E-state index contributed by atoms with van der Waals surface area (Å²) in [5.41, 5.74) is 21.5. The van der Waals surface area contributed by atoms with Gasteiger partial charge >= 0.3 is 5.97 Å². The Labute approximate surface area is 213 Å². The van der Waals surface area contributed by atoms with Crippen LogP contribution in [-0.4, -0.2) is 94.6 Å². The second-order valence-corrected chi connectivity index (χ2v) is 9.01. The molecule has 13 N–H and O–H groups in total. The van der Waals surface area contributed by atoms with Gasteiger partial charge in [0, 0.05) is 13.0 Å². The predicted molar refractivity (Wildman–Crippen MR) is 134 cm³/mol. The van der Waals surface area contributed by atoms with Gasteiger partial charge in [0.25, 0.3) is 0 Å². The van der Waals surface area contributed by atoms with Gasteiger partial charge in [-0.25, -0.2) is 4.79 Å². The zero-order valence-electron chi connectivity index (χ0n) is 20.4. The van der Waals surface area contributed by atoms with Crippen molar-refractivity contribution in [2.75, 3.05) is 18.6 Å². The number of hydrogen-bond acceptors (Lipinski definition) is 9. The summed E-state index contributed by atoms with van der Waals surface area (Å²) in [6.45, 7) is 1.45. The summed E-state index contributed by atoms with van der Waals surface area (Å²) in [5, 5.41) is 26.0. The van der Waals surface area contributed by atoms with E-state index in [9.17, 15) is 34.2 Å². The van der Waals surface area contributed by atoms with E-state index in [0.29, 0.717) is 12.2 Å². The largest absolute Gasteiger partial charge is 0.480 e. The molecule has 0 saturated carbocycles. The number of hydrogen-bond donors (Lipinski definition) is 9. The average Bonchev–Trinajstić information content (AvgIpc) is 2.78. The highest BCUT2D eigenvalue weighted by Gasteiger charge is 2.31. The van der Waals surface area contributed by atoms with E-state index in [2.05, 4.69) is 20.9 Å². The number of amides is 4. The van der Waals surface area contributed by atoms with Crippen LogP contribution in [0.1, 0.15) is 39.0 Å². The molecule has 0 bridgehead atoms. The highest BCUT2D eigenvalue weighted by atomic mass is 32.2. The van der Waals surface area contributed by atoms with Crippen LogP contribution in [0.3, 0.4) is 0 Å². The summed E-state index contributed by atoms with van der Waals surface area (Å²) in [4.78, 5) is 64.6. The summed E-state index contributed by atoms with van der Waals surface area (Å²) in [5.74, 6) is -4.11. The van der Waals surface area contributed by atoms with Gasteiger partial charge < -0.3 is 49.1 Å². The Morgan fingerprint density at radius 1 is 0.917 bits per heavy atom. The Morgan fingerprint density at radius 2 is 1.47 bits per heavy atom. The van der Waals surface area contributed by atoms with Crippen molar-refractivity contribution in [2.24, 2.45) is 27.9 Å². The molecule has 206 valence electrons. The summed E-state index contributed by atoms with van der Waals surface area (Å²) >= 11 is 1.38. The maximum atomic E-state index is 13.0. The van der Waals surface area contributed by atoms with Crippen molar-refractivity contribution in [1.82, 2.24) is 16.0 Å². The number of rotatable bonds is 18. The molecule has 0 fully saturated rings. The van der Waals surface area contributed by atoms with E-state index in [1.165, 1.54) is 18.7 Å². The first-order valence-electron chi connectivity index (χ1n) is 11.2. The van der Waals surface area contributed by atoms with Crippen LogP contribution >= 0.6 is 11.8 Å². The number of nitrogens with zero attached hydrogens (tertiary/aromatic N) is 1. The molecule has 0 aromatic rings. The minimum Gasteiger partial charge on any atom is -0.480 e. The molecule has 5 atom stereocenters. The van der Waals surface area contributed by atoms with Crippen molar-refractivity contribution < 1.29 is 34.2 Å². The molecule has 0 aliphatic heterocycles. The van der Waals surface area contributed by atoms with E-state index in [0.717, 1.165) is 0 Å². The molecular weight excluding hydrogens is 496 g/mol. The topological polar surface area (TPSA) is 278 Å². The fourth-order valence-electron chi connectivity index (χ4n) is 2.90. The molecular formula is C20H38N8O7S. The van der Waals surface area contributed by atoms with Gasteiger partial charge in [0.05, 0.1) is 12.1 Å². The van der Waals surface area contributed by atoms with Crippen molar-refractivity contribution in [3.05, 3.63) is 0 Å². The average molecular weight is 535 g/mol. The van der Waals surface area contributed by atoms with Gasteiger partial charge in [0.2, 0.25) is 23.6 Å². The summed E-state index contributed by atoms with van der Waals surface area (Å²) < 4.78 is 0. The molecule has 4 amide bonds. The van der Waals surface area contributed by atoms with Gasteiger partial charge in [0.15, 0.2) is 12.0 Å². The molecule has 16 heteroatoms. The van der Waals surface area contributed by atoms with Crippen molar-refractivity contribution in [3.63, 3.8) is 0 Å². The SMILES string of the molecule is CSCCC(NC(=O)C(CCC(N)=O)NC(=O)C(N)CCCN=C(N)N)C(=O)NC(C(=O)O)C(C)O. The maximum absolute atomic E-state index is 13.0. The van der Waals surface area contributed by atoms with Crippen LogP contribution in [-0.2, 0) is 24.0 Å². The number of carbonyl (C=O) groups is 5. The Balaban J connectivity index is 5.43. The van der Waals surface area contributed by atoms with Gasteiger partial charge in [-0.3, -0.25) is 24.2 Å². The van der Waals surface area contributed by atoms with E-state index in [-0.39, 0.29) is 38.2 Å². The Kier molecular flexibility index (Phi) is 15.8. The second kappa shape index (κ2) is 17.3. The van der Waals surface area contributed by atoms with E-state index in [1.54, 1.807) is 6.26 Å². The predicted octanol–water partition coefficient (Wildman–Crippen LogP) is -3.69. The van der Waals surface area contributed by atoms with Crippen molar-refractivity contribution in [3.8, 4) is 0 Å². The molecule has 5 unspecified atom stereocenters. The third kappa shape index (κ3) is 13.7. The fourth-order valence-corrected chi connectivity index (χ4v) is 3.38. The third-order valence-electron chi connectivity index (χ3n) is 4.91. The van der Waals surface area contributed by atoms with Crippen LogP contribution in [0.5, 0.6) is 0 Å². The number of aliphatic hydroxyl groups excluding tert-OH is 1.